The number of hydrogen-bond acceptors (Lipinski definition) is 3. The first-order chi connectivity index (χ1) is 29.4. The Bertz CT molecular complexity index is 3170. The van der Waals surface area contributed by atoms with E-state index < -0.39 is 0 Å². The maximum absolute atomic E-state index is 2.68. The average molecular weight is 805 g/mol. The Morgan fingerprint density at radius 3 is 1.82 bits per heavy atom. The van der Waals surface area contributed by atoms with E-state index in [9.17, 15) is 0 Å². The fourth-order valence-corrected chi connectivity index (χ4v) is 11.1. The molecule has 2 aliphatic heterocycles. The van der Waals surface area contributed by atoms with Crippen LogP contribution in [0.2, 0.25) is 0 Å². The lowest BCUT2D eigenvalue weighted by Gasteiger charge is -2.46. The van der Waals surface area contributed by atoms with Crippen molar-refractivity contribution in [2.75, 3.05) is 9.71 Å². The van der Waals surface area contributed by atoms with Gasteiger partial charge in [0.25, 0.3) is 0 Å². The minimum atomic E-state index is -0.105. The molecular formula is C57H49BN2S. The third-order valence-electron chi connectivity index (χ3n) is 13.0. The smallest absolute Gasteiger partial charge is 0.333 e. The Labute approximate surface area is 364 Å². The summed E-state index contributed by atoms with van der Waals surface area (Å²) in [6.45, 7) is 16.0. The largest absolute Gasteiger partial charge is 0.376 e. The lowest BCUT2D eigenvalue weighted by Crippen LogP contribution is -2.61. The van der Waals surface area contributed by atoms with Gasteiger partial charge in [0.15, 0.2) is 0 Å². The van der Waals surface area contributed by atoms with Crippen LogP contribution in [0.1, 0.15) is 58.2 Å². The molecule has 1 aromatic heterocycles. The topological polar surface area (TPSA) is 6.48 Å². The molecule has 4 heteroatoms. The maximum Gasteiger partial charge on any atom is 0.333 e. The number of nitrogens with zero attached hydrogens (tertiary/aromatic N) is 2. The Morgan fingerprint density at radius 1 is 0.443 bits per heavy atom. The molecule has 11 rings (SSSR count). The molecule has 0 amide bonds. The van der Waals surface area contributed by atoms with Gasteiger partial charge in [-0.15, -0.1) is 11.3 Å². The number of benzene rings is 8. The van der Waals surface area contributed by atoms with E-state index in [2.05, 4.69) is 228 Å². The summed E-state index contributed by atoms with van der Waals surface area (Å²) in [5.41, 5.74) is 20.2. The van der Waals surface area contributed by atoms with Gasteiger partial charge in [0.05, 0.1) is 5.69 Å². The van der Waals surface area contributed by atoms with Gasteiger partial charge >= 0.3 is 6.85 Å². The van der Waals surface area contributed by atoms with Gasteiger partial charge in [-0.2, -0.15) is 0 Å². The highest BCUT2D eigenvalue weighted by molar-refractivity contribution is 7.26. The van der Waals surface area contributed by atoms with Crippen LogP contribution in [-0.2, 0) is 10.8 Å². The van der Waals surface area contributed by atoms with Crippen LogP contribution in [0.5, 0.6) is 0 Å². The molecule has 0 aliphatic carbocycles. The van der Waals surface area contributed by atoms with E-state index >= 15 is 0 Å². The number of fused-ring (bicyclic) bond motifs is 8. The summed E-state index contributed by atoms with van der Waals surface area (Å²) in [5, 5.41) is 2.66. The Morgan fingerprint density at radius 2 is 1.10 bits per heavy atom. The van der Waals surface area contributed by atoms with E-state index in [0.29, 0.717) is 0 Å². The molecule has 2 aliphatic rings. The van der Waals surface area contributed by atoms with Crippen molar-refractivity contribution >= 4 is 77.7 Å². The van der Waals surface area contributed by atoms with Crippen molar-refractivity contribution in [3.8, 4) is 33.4 Å². The van der Waals surface area contributed by atoms with Crippen molar-refractivity contribution in [3.05, 3.63) is 187 Å². The zero-order valence-corrected chi connectivity index (χ0v) is 36.9. The minimum absolute atomic E-state index is 0.0113. The summed E-state index contributed by atoms with van der Waals surface area (Å²) in [4.78, 5) is 5.29. The van der Waals surface area contributed by atoms with Crippen molar-refractivity contribution in [3.63, 3.8) is 0 Å². The van der Waals surface area contributed by atoms with Gasteiger partial charge in [-0.05, 0) is 133 Å². The van der Waals surface area contributed by atoms with Gasteiger partial charge in [-0.1, -0.05) is 157 Å². The van der Waals surface area contributed by atoms with E-state index in [1.54, 1.807) is 0 Å². The van der Waals surface area contributed by atoms with E-state index in [1.165, 1.54) is 110 Å². The Hall–Kier alpha value is -6.36. The van der Waals surface area contributed by atoms with Crippen LogP contribution < -0.4 is 20.6 Å². The molecule has 0 bridgehead atoms. The van der Waals surface area contributed by atoms with E-state index in [4.69, 9.17) is 0 Å². The third kappa shape index (κ3) is 6.06. The normalized spacial score (nSPS) is 13.4. The molecule has 61 heavy (non-hydrogen) atoms. The molecule has 8 aromatic carbocycles. The van der Waals surface area contributed by atoms with Crippen molar-refractivity contribution < 1.29 is 0 Å². The van der Waals surface area contributed by atoms with Crippen LogP contribution in [0.15, 0.2) is 170 Å². The molecule has 0 saturated carbocycles. The molecule has 0 N–H and O–H groups in total. The maximum atomic E-state index is 2.68. The van der Waals surface area contributed by atoms with Crippen molar-refractivity contribution in [2.24, 2.45) is 0 Å². The highest BCUT2D eigenvalue weighted by atomic mass is 32.1. The highest BCUT2D eigenvalue weighted by Crippen LogP contribution is 2.51. The summed E-state index contributed by atoms with van der Waals surface area (Å²) in [6, 6.07) is 64.3. The molecule has 0 spiro atoms. The fraction of sp³-hybridized carbons (Fsp3) is 0.158. The second kappa shape index (κ2) is 13.8. The second-order valence-electron chi connectivity index (χ2n) is 19.1. The number of aryl methyl sites for hydroxylation is 1. The number of anilines is 5. The van der Waals surface area contributed by atoms with Crippen LogP contribution in [0, 0.1) is 6.92 Å². The second-order valence-corrected chi connectivity index (χ2v) is 20.1. The molecular weight excluding hydrogens is 756 g/mol. The van der Waals surface area contributed by atoms with Crippen molar-refractivity contribution in [2.45, 2.75) is 59.3 Å². The standard InChI is InChI=1S/C57H49BN2S/c1-36-32-46-43-28-22-39(37-16-10-8-11-17-37)34-49(43)60(42-26-23-40(24-27-42)56(2,3)4)58-54(46)50(33-36)59(48-30-31-52-53(55(48)58)44-20-14-15-21-51(44)61-52)47-29-25-41(57(5,6)7)35-45(47)38-18-12-9-13-19-38/h8-35H,1-7H3. The van der Waals surface area contributed by atoms with E-state index in [0.717, 1.165) is 0 Å². The van der Waals surface area contributed by atoms with Crippen LogP contribution >= 0.6 is 11.3 Å². The molecule has 0 radical (unpaired) electrons. The zero-order valence-electron chi connectivity index (χ0n) is 36.0. The Balaban J connectivity index is 1.29. The zero-order chi connectivity index (χ0) is 41.8. The predicted octanol–water partition coefficient (Wildman–Crippen LogP) is 15.0. The summed E-state index contributed by atoms with van der Waals surface area (Å²) in [6.07, 6.45) is 0. The van der Waals surface area contributed by atoms with Crippen LogP contribution in [0.25, 0.3) is 53.6 Å². The molecule has 0 saturated heterocycles. The molecule has 2 nitrogen and oxygen atoms in total. The fourth-order valence-electron chi connectivity index (χ4n) is 9.93. The molecule has 0 atom stereocenters. The first-order valence-corrected chi connectivity index (χ1v) is 22.4. The van der Waals surface area contributed by atoms with Gasteiger partial charge in [0.1, 0.15) is 0 Å². The van der Waals surface area contributed by atoms with Crippen LogP contribution in [-0.4, -0.2) is 6.85 Å². The number of thiophene rings is 1. The SMILES string of the molecule is Cc1cc2c3c(c1)N(c1ccc(C(C)(C)C)cc1-c1ccccc1)c1ccc4sc5ccccc5c4c1B3N(c1ccc(C(C)(C)C)cc1)c1cc(-c3ccccc3)ccc1-2. The van der Waals surface area contributed by atoms with Gasteiger partial charge < -0.3 is 9.71 Å². The molecule has 9 aromatic rings. The Kier molecular flexibility index (Phi) is 8.54. The lowest BCUT2D eigenvalue weighted by molar-refractivity contribution is 0.590. The summed E-state index contributed by atoms with van der Waals surface area (Å²) >= 11 is 1.90. The van der Waals surface area contributed by atoms with Gasteiger partial charge in [0.2, 0.25) is 0 Å². The first kappa shape index (κ1) is 37.6. The van der Waals surface area contributed by atoms with Crippen LogP contribution in [0.3, 0.4) is 0 Å². The predicted molar refractivity (Wildman–Crippen MR) is 266 cm³/mol. The first-order valence-electron chi connectivity index (χ1n) is 21.6. The molecule has 296 valence electrons. The summed E-state index contributed by atoms with van der Waals surface area (Å²) in [5.74, 6) is 0. The minimum Gasteiger partial charge on any atom is -0.376 e. The molecule has 3 heterocycles. The lowest BCUT2D eigenvalue weighted by atomic mass is 9.42. The monoisotopic (exact) mass is 804 g/mol. The number of hydrogen-bond donors (Lipinski definition) is 0. The van der Waals surface area contributed by atoms with Gasteiger partial charge in [-0.3, -0.25) is 0 Å². The highest BCUT2D eigenvalue weighted by Gasteiger charge is 2.47. The quantitative estimate of drug-likeness (QED) is 0.164. The molecule has 0 unspecified atom stereocenters. The van der Waals surface area contributed by atoms with E-state index in [-0.39, 0.29) is 17.7 Å². The number of rotatable bonds is 4. The van der Waals surface area contributed by atoms with Gasteiger partial charge in [0, 0.05) is 43.3 Å². The molecule has 0 fully saturated rings. The van der Waals surface area contributed by atoms with Crippen LogP contribution in [0.4, 0.5) is 28.4 Å². The average Bonchev–Trinajstić information content (AvgIpc) is 3.65. The van der Waals surface area contributed by atoms with Crippen molar-refractivity contribution in [1.29, 1.82) is 0 Å². The summed E-state index contributed by atoms with van der Waals surface area (Å²) < 4.78 is 2.63. The van der Waals surface area contributed by atoms with Gasteiger partial charge in [-0.25, -0.2) is 0 Å². The van der Waals surface area contributed by atoms with Crippen molar-refractivity contribution in [1.82, 2.24) is 0 Å². The summed E-state index contributed by atoms with van der Waals surface area (Å²) in [7, 11) is 0. The third-order valence-corrected chi connectivity index (χ3v) is 14.1. The van der Waals surface area contributed by atoms with E-state index in [1.807, 2.05) is 11.3 Å².